The van der Waals surface area contributed by atoms with E-state index in [2.05, 4.69) is 5.32 Å². The molecule has 106 valence electrons. The molecule has 0 aliphatic carbocycles. The van der Waals surface area contributed by atoms with E-state index in [4.69, 9.17) is 9.47 Å². The molecule has 19 heavy (non-hydrogen) atoms. The molecule has 1 atom stereocenters. The number of methoxy groups -OCH3 is 2. The summed E-state index contributed by atoms with van der Waals surface area (Å²) >= 11 is 0. The van der Waals surface area contributed by atoms with E-state index in [1.54, 1.807) is 14.2 Å². The van der Waals surface area contributed by atoms with Crippen LogP contribution in [0, 0.1) is 0 Å². The maximum atomic E-state index is 9.94. The minimum atomic E-state index is -0.189. The van der Waals surface area contributed by atoms with E-state index in [9.17, 15) is 5.11 Å². The standard InChI is InChI=1S/C15H23NO3/c1-18-13-8-12(9-14(10-13)19-2)15(11-17)4-3-6-16-7-5-15/h8-10,16-17H,3-7,11H2,1-2H3. The number of hydrogen-bond donors (Lipinski definition) is 2. The minimum absolute atomic E-state index is 0.158. The third-order valence-electron chi connectivity index (χ3n) is 4.06. The molecule has 1 unspecified atom stereocenters. The van der Waals surface area contributed by atoms with Crippen LogP contribution in [0.25, 0.3) is 0 Å². The molecule has 0 aromatic heterocycles. The SMILES string of the molecule is COc1cc(OC)cc(C2(CO)CCCNCC2)c1. The van der Waals surface area contributed by atoms with Gasteiger partial charge in [0.25, 0.3) is 0 Å². The smallest absolute Gasteiger partial charge is 0.122 e. The van der Waals surface area contributed by atoms with Crippen LogP contribution in [0.3, 0.4) is 0 Å². The van der Waals surface area contributed by atoms with Gasteiger partial charge in [-0.25, -0.2) is 0 Å². The van der Waals surface area contributed by atoms with Crippen LogP contribution in [0.4, 0.5) is 0 Å². The molecule has 0 radical (unpaired) electrons. The Hall–Kier alpha value is -1.26. The first-order valence-corrected chi connectivity index (χ1v) is 6.79. The lowest BCUT2D eigenvalue weighted by Crippen LogP contribution is -2.31. The first-order chi connectivity index (χ1) is 9.24. The van der Waals surface area contributed by atoms with Crippen LogP contribution in [-0.4, -0.2) is 39.0 Å². The van der Waals surface area contributed by atoms with Crippen molar-refractivity contribution in [3.8, 4) is 11.5 Å². The van der Waals surface area contributed by atoms with Gasteiger partial charge in [0.15, 0.2) is 0 Å². The fourth-order valence-corrected chi connectivity index (χ4v) is 2.78. The summed E-state index contributed by atoms with van der Waals surface area (Å²) in [6, 6.07) is 5.90. The Morgan fingerprint density at radius 3 is 2.37 bits per heavy atom. The molecule has 1 fully saturated rings. The summed E-state index contributed by atoms with van der Waals surface area (Å²) in [4.78, 5) is 0. The first-order valence-electron chi connectivity index (χ1n) is 6.79. The van der Waals surface area contributed by atoms with Crippen LogP contribution < -0.4 is 14.8 Å². The highest BCUT2D eigenvalue weighted by Gasteiger charge is 2.33. The van der Waals surface area contributed by atoms with E-state index in [0.717, 1.165) is 49.4 Å². The van der Waals surface area contributed by atoms with Crippen molar-refractivity contribution >= 4 is 0 Å². The maximum Gasteiger partial charge on any atom is 0.122 e. The first kappa shape index (κ1) is 14.2. The van der Waals surface area contributed by atoms with Gasteiger partial charge in [0.2, 0.25) is 0 Å². The Kier molecular flexibility index (Phi) is 4.66. The second kappa shape index (κ2) is 6.26. The van der Waals surface area contributed by atoms with Crippen molar-refractivity contribution in [3.05, 3.63) is 23.8 Å². The molecule has 1 aromatic rings. The molecule has 1 saturated heterocycles. The van der Waals surface area contributed by atoms with Crippen molar-refractivity contribution in [3.63, 3.8) is 0 Å². The molecular weight excluding hydrogens is 242 g/mol. The van der Waals surface area contributed by atoms with Crippen molar-refractivity contribution < 1.29 is 14.6 Å². The summed E-state index contributed by atoms with van der Waals surface area (Å²) < 4.78 is 10.7. The average molecular weight is 265 g/mol. The topological polar surface area (TPSA) is 50.7 Å². The number of aliphatic hydroxyl groups is 1. The monoisotopic (exact) mass is 265 g/mol. The molecule has 2 N–H and O–H groups in total. The van der Waals surface area contributed by atoms with E-state index in [-0.39, 0.29) is 12.0 Å². The van der Waals surface area contributed by atoms with Crippen molar-refractivity contribution in [2.24, 2.45) is 0 Å². The maximum absolute atomic E-state index is 9.94. The predicted molar refractivity (Wildman–Crippen MR) is 75.0 cm³/mol. The second-order valence-corrected chi connectivity index (χ2v) is 5.14. The zero-order valence-electron chi connectivity index (χ0n) is 11.7. The summed E-state index contributed by atoms with van der Waals surface area (Å²) in [6.07, 6.45) is 2.98. The van der Waals surface area contributed by atoms with E-state index in [1.807, 2.05) is 18.2 Å². The van der Waals surface area contributed by atoms with Gasteiger partial charge in [0, 0.05) is 11.5 Å². The van der Waals surface area contributed by atoms with Gasteiger partial charge in [0.05, 0.1) is 20.8 Å². The summed E-state index contributed by atoms with van der Waals surface area (Å²) in [7, 11) is 3.30. The molecule has 1 aromatic carbocycles. The lowest BCUT2D eigenvalue weighted by Gasteiger charge is -2.31. The molecule has 0 saturated carbocycles. The molecule has 1 aliphatic rings. The molecule has 1 heterocycles. The summed E-state index contributed by atoms with van der Waals surface area (Å²) in [6.45, 7) is 2.11. The lowest BCUT2D eigenvalue weighted by atomic mass is 9.75. The van der Waals surface area contributed by atoms with Crippen molar-refractivity contribution in [2.45, 2.75) is 24.7 Å². The molecule has 4 nitrogen and oxygen atoms in total. The van der Waals surface area contributed by atoms with Crippen LogP contribution in [0.1, 0.15) is 24.8 Å². The second-order valence-electron chi connectivity index (χ2n) is 5.14. The Bertz CT molecular complexity index is 390. The number of nitrogens with one attached hydrogen (secondary N) is 1. The van der Waals surface area contributed by atoms with Crippen LogP contribution >= 0.6 is 0 Å². The van der Waals surface area contributed by atoms with Gasteiger partial charge in [-0.1, -0.05) is 0 Å². The number of aliphatic hydroxyl groups excluding tert-OH is 1. The molecule has 0 spiro atoms. The quantitative estimate of drug-likeness (QED) is 0.870. The van der Waals surface area contributed by atoms with E-state index in [0.29, 0.717) is 0 Å². The highest BCUT2D eigenvalue weighted by atomic mass is 16.5. The third kappa shape index (κ3) is 3.01. The van der Waals surface area contributed by atoms with E-state index in [1.165, 1.54) is 0 Å². The Morgan fingerprint density at radius 1 is 1.11 bits per heavy atom. The van der Waals surface area contributed by atoms with Gasteiger partial charge in [0.1, 0.15) is 11.5 Å². The van der Waals surface area contributed by atoms with Gasteiger partial charge in [-0.3, -0.25) is 0 Å². The Morgan fingerprint density at radius 2 is 1.79 bits per heavy atom. The lowest BCUT2D eigenvalue weighted by molar-refractivity contribution is 0.178. The Balaban J connectivity index is 2.40. The zero-order valence-corrected chi connectivity index (χ0v) is 11.7. The average Bonchev–Trinajstić information content (AvgIpc) is 2.73. The van der Waals surface area contributed by atoms with Gasteiger partial charge in [-0.15, -0.1) is 0 Å². The molecule has 1 aliphatic heterocycles. The van der Waals surface area contributed by atoms with Gasteiger partial charge >= 0.3 is 0 Å². The third-order valence-corrected chi connectivity index (χ3v) is 4.06. The molecule has 0 amide bonds. The fraction of sp³-hybridized carbons (Fsp3) is 0.600. The Labute approximate surface area is 114 Å². The molecule has 4 heteroatoms. The highest BCUT2D eigenvalue weighted by Crippen LogP contribution is 2.37. The predicted octanol–water partition coefficient (Wildman–Crippen LogP) is 1.71. The molecular formula is C15H23NO3. The largest absolute Gasteiger partial charge is 0.497 e. The zero-order chi connectivity index (χ0) is 13.7. The van der Waals surface area contributed by atoms with Crippen molar-refractivity contribution in [1.82, 2.24) is 5.32 Å². The number of ether oxygens (including phenoxy) is 2. The van der Waals surface area contributed by atoms with Gasteiger partial charge in [-0.2, -0.15) is 0 Å². The normalized spacial score (nSPS) is 23.7. The van der Waals surface area contributed by atoms with Gasteiger partial charge < -0.3 is 19.9 Å². The van der Waals surface area contributed by atoms with Gasteiger partial charge in [-0.05, 0) is 50.0 Å². The minimum Gasteiger partial charge on any atom is -0.497 e. The van der Waals surface area contributed by atoms with Crippen LogP contribution in [0.15, 0.2) is 18.2 Å². The molecule has 0 bridgehead atoms. The summed E-state index contributed by atoms with van der Waals surface area (Å²) in [5.41, 5.74) is 0.917. The van der Waals surface area contributed by atoms with Crippen LogP contribution in [0.2, 0.25) is 0 Å². The van der Waals surface area contributed by atoms with E-state index >= 15 is 0 Å². The van der Waals surface area contributed by atoms with E-state index < -0.39 is 0 Å². The summed E-state index contributed by atoms with van der Waals surface area (Å²) in [5, 5.41) is 13.3. The van der Waals surface area contributed by atoms with Crippen LogP contribution in [-0.2, 0) is 5.41 Å². The van der Waals surface area contributed by atoms with Crippen molar-refractivity contribution in [2.75, 3.05) is 33.9 Å². The summed E-state index contributed by atoms with van der Waals surface area (Å²) in [5.74, 6) is 1.55. The molecule has 2 rings (SSSR count). The number of benzene rings is 1. The highest BCUT2D eigenvalue weighted by molar-refractivity contribution is 5.42. The van der Waals surface area contributed by atoms with Crippen LogP contribution in [0.5, 0.6) is 11.5 Å². The number of rotatable bonds is 4. The van der Waals surface area contributed by atoms with Crippen molar-refractivity contribution in [1.29, 1.82) is 0 Å². The fourth-order valence-electron chi connectivity index (χ4n) is 2.78. The number of hydrogen-bond acceptors (Lipinski definition) is 4.